The van der Waals surface area contributed by atoms with Gasteiger partial charge in [-0.15, -0.1) is 0 Å². The Morgan fingerprint density at radius 1 is 1.11 bits per heavy atom. The summed E-state index contributed by atoms with van der Waals surface area (Å²) in [4.78, 5) is 12.8. The minimum atomic E-state index is -3.70. The lowest BCUT2D eigenvalue weighted by atomic mass is 10.1. The van der Waals surface area contributed by atoms with Crippen LogP contribution in [0.1, 0.15) is 24.2 Å². The Kier molecular flexibility index (Phi) is 5.76. The number of hydrogen-bond acceptors (Lipinski definition) is 6. The monoisotopic (exact) mass is 406 g/mol. The molecule has 0 unspecified atom stereocenters. The standard InChI is InChI=1S/C19H22N2O6S/c1-4-21(5-2)28(23,24)14-7-9-16(25-3)15(11-14)19(22)20-13-6-8-17-18(10-13)27-12-26-17/h6-11H,4-5,12H2,1-3H3,(H,20,22). The van der Waals surface area contributed by atoms with E-state index in [0.717, 1.165) is 0 Å². The van der Waals surface area contributed by atoms with E-state index in [1.807, 2.05) is 0 Å². The topological polar surface area (TPSA) is 94.2 Å². The Balaban J connectivity index is 1.92. The molecule has 1 heterocycles. The summed E-state index contributed by atoms with van der Waals surface area (Å²) in [6.07, 6.45) is 0. The highest BCUT2D eigenvalue weighted by molar-refractivity contribution is 7.89. The van der Waals surface area contributed by atoms with Crippen LogP contribution >= 0.6 is 0 Å². The quantitative estimate of drug-likeness (QED) is 0.760. The van der Waals surface area contributed by atoms with Gasteiger partial charge in [0.05, 0.1) is 17.6 Å². The van der Waals surface area contributed by atoms with Gasteiger partial charge in [-0.25, -0.2) is 8.42 Å². The summed E-state index contributed by atoms with van der Waals surface area (Å²) in [7, 11) is -2.28. The predicted molar refractivity (Wildman–Crippen MR) is 104 cm³/mol. The number of rotatable bonds is 7. The van der Waals surface area contributed by atoms with Crippen LogP contribution in [0.5, 0.6) is 17.2 Å². The molecule has 2 aromatic rings. The van der Waals surface area contributed by atoms with Crippen molar-refractivity contribution >= 4 is 21.6 Å². The largest absolute Gasteiger partial charge is 0.496 e. The van der Waals surface area contributed by atoms with E-state index in [4.69, 9.17) is 14.2 Å². The van der Waals surface area contributed by atoms with Gasteiger partial charge in [0.15, 0.2) is 11.5 Å². The van der Waals surface area contributed by atoms with Gasteiger partial charge in [0, 0.05) is 24.8 Å². The first-order valence-electron chi connectivity index (χ1n) is 8.79. The van der Waals surface area contributed by atoms with Crippen molar-refractivity contribution in [3.8, 4) is 17.2 Å². The molecule has 1 aliphatic rings. The van der Waals surface area contributed by atoms with Crippen LogP contribution in [0.3, 0.4) is 0 Å². The fraction of sp³-hybridized carbons (Fsp3) is 0.316. The van der Waals surface area contributed by atoms with Crippen molar-refractivity contribution in [2.75, 3.05) is 32.3 Å². The van der Waals surface area contributed by atoms with E-state index < -0.39 is 15.9 Å². The van der Waals surface area contributed by atoms with Gasteiger partial charge < -0.3 is 19.5 Å². The van der Waals surface area contributed by atoms with Gasteiger partial charge in [-0.2, -0.15) is 4.31 Å². The lowest BCUT2D eigenvalue weighted by Crippen LogP contribution is -2.30. The lowest BCUT2D eigenvalue weighted by molar-refractivity contribution is 0.102. The number of nitrogens with zero attached hydrogens (tertiary/aromatic N) is 1. The summed E-state index contributed by atoms with van der Waals surface area (Å²) in [5, 5.41) is 2.74. The molecule has 0 radical (unpaired) electrons. The number of hydrogen-bond donors (Lipinski definition) is 1. The van der Waals surface area contributed by atoms with Crippen LogP contribution in [0.4, 0.5) is 5.69 Å². The molecule has 9 heteroatoms. The summed E-state index contributed by atoms with van der Waals surface area (Å²) in [5.74, 6) is 0.912. The van der Waals surface area contributed by atoms with E-state index in [1.165, 1.54) is 29.6 Å². The van der Waals surface area contributed by atoms with Crippen molar-refractivity contribution in [1.82, 2.24) is 4.31 Å². The van der Waals surface area contributed by atoms with E-state index in [9.17, 15) is 13.2 Å². The average Bonchev–Trinajstić information content (AvgIpc) is 3.16. The number of ether oxygens (including phenoxy) is 3. The zero-order chi connectivity index (χ0) is 20.3. The first kappa shape index (κ1) is 20.0. The molecule has 0 fully saturated rings. The number of carbonyl (C=O) groups is 1. The molecule has 3 rings (SSSR count). The van der Waals surface area contributed by atoms with Gasteiger partial charge >= 0.3 is 0 Å². The number of sulfonamides is 1. The minimum Gasteiger partial charge on any atom is -0.496 e. The molecule has 2 aromatic carbocycles. The Bertz CT molecular complexity index is 986. The van der Waals surface area contributed by atoms with Crippen LogP contribution < -0.4 is 19.5 Å². The third-order valence-electron chi connectivity index (χ3n) is 4.39. The molecular formula is C19H22N2O6S. The Labute approximate surface area is 164 Å². The summed E-state index contributed by atoms with van der Waals surface area (Å²) < 4.78 is 42.7. The molecule has 0 spiro atoms. The number of nitrogens with one attached hydrogen (secondary N) is 1. The highest BCUT2D eigenvalue weighted by Gasteiger charge is 2.25. The minimum absolute atomic E-state index is 0.0350. The van der Waals surface area contributed by atoms with Gasteiger partial charge in [0.25, 0.3) is 5.91 Å². The molecule has 1 N–H and O–H groups in total. The Morgan fingerprint density at radius 2 is 1.82 bits per heavy atom. The summed E-state index contributed by atoms with van der Waals surface area (Å²) in [6, 6.07) is 9.25. The van der Waals surface area contributed by atoms with Crippen LogP contribution in [0.25, 0.3) is 0 Å². The number of methoxy groups -OCH3 is 1. The van der Waals surface area contributed by atoms with E-state index in [1.54, 1.807) is 32.0 Å². The summed E-state index contributed by atoms with van der Waals surface area (Å²) in [6.45, 7) is 4.33. The summed E-state index contributed by atoms with van der Waals surface area (Å²) in [5.41, 5.74) is 0.613. The molecule has 28 heavy (non-hydrogen) atoms. The first-order chi connectivity index (χ1) is 13.4. The van der Waals surface area contributed by atoms with Gasteiger partial charge in [-0.05, 0) is 30.3 Å². The smallest absolute Gasteiger partial charge is 0.259 e. The third-order valence-corrected chi connectivity index (χ3v) is 6.44. The van der Waals surface area contributed by atoms with Crippen LogP contribution in [-0.4, -0.2) is 45.6 Å². The van der Waals surface area contributed by atoms with Crippen LogP contribution in [-0.2, 0) is 10.0 Å². The molecule has 0 bridgehead atoms. The van der Waals surface area contributed by atoms with Crippen LogP contribution in [0.15, 0.2) is 41.3 Å². The van der Waals surface area contributed by atoms with Crippen molar-refractivity contribution in [2.45, 2.75) is 18.7 Å². The average molecular weight is 406 g/mol. The molecule has 0 saturated heterocycles. The third kappa shape index (κ3) is 3.76. The molecular weight excluding hydrogens is 384 g/mol. The molecule has 150 valence electrons. The molecule has 1 amide bonds. The number of amides is 1. The summed E-state index contributed by atoms with van der Waals surface area (Å²) >= 11 is 0. The second kappa shape index (κ2) is 8.07. The number of carbonyl (C=O) groups excluding carboxylic acids is 1. The zero-order valence-electron chi connectivity index (χ0n) is 15.9. The van der Waals surface area contributed by atoms with Gasteiger partial charge in [0.1, 0.15) is 5.75 Å². The van der Waals surface area contributed by atoms with Crippen molar-refractivity contribution in [3.05, 3.63) is 42.0 Å². The Morgan fingerprint density at radius 3 is 2.50 bits per heavy atom. The maximum Gasteiger partial charge on any atom is 0.259 e. The Hall–Kier alpha value is -2.78. The highest BCUT2D eigenvalue weighted by Crippen LogP contribution is 2.34. The number of benzene rings is 2. The van der Waals surface area contributed by atoms with Gasteiger partial charge in [-0.3, -0.25) is 4.79 Å². The maximum absolute atomic E-state index is 12.8. The zero-order valence-corrected chi connectivity index (χ0v) is 16.7. The number of fused-ring (bicyclic) bond motifs is 1. The molecule has 0 atom stereocenters. The second-order valence-corrected chi connectivity index (χ2v) is 7.91. The molecule has 0 aromatic heterocycles. The van der Waals surface area contributed by atoms with E-state index in [0.29, 0.717) is 30.3 Å². The van der Waals surface area contributed by atoms with E-state index >= 15 is 0 Å². The molecule has 1 aliphatic heterocycles. The second-order valence-electron chi connectivity index (χ2n) is 5.97. The van der Waals surface area contributed by atoms with Crippen molar-refractivity contribution in [3.63, 3.8) is 0 Å². The van der Waals surface area contributed by atoms with Crippen LogP contribution in [0, 0.1) is 0 Å². The predicted octanol–water partition coefficient (Wildman–Crippen LogP) is 2.71. The van der Waals surface area contributed by atoms with Gasteiger partial charge in [-0.1, -0.05) is 13.8 Å². The van der Waals surface area contributed by atoms with Crippen molar-refractivity contribution < 1.29 is 27.4 Å². The fourth-order valence-electron chi connectivity index (χ4n) is 2.91. The maximum atomic E-state index is 12.8. The molecule has 8 nitrogen and oxygen atoms in total. The molecule has 0 aliphatic carbocycles. The van der Waals surface area contributed by atoms with E-state index in [-0.39, 0.29) is 23.0 Å². The lowest BCUT2D eigenvalue weighted by Gasteiger charge is -2.19. The van der Waals surface area contributed by atoms with Gasteiger partial charge in [0.2, 0.25) is 16.8 Å². The normalized spacial score (nSPS) is 12.9. The first-order valence-corrected chi connectivity index (χ1v) is 10.2. The SMILES string of the molecule is CCN(CC)S(=O)(=O)c1ccc(OC)c(C(=O)Nc2ccc3c(c2)OCO3)c1. The number of anilines is 1. The van der Waals surface area contributed by atoms with Crippen molar-refractivity contribution in [2.24, 2.45) is 0 Å². The van der Waals surface area contributed by atoms with Crippen LogP contribution in [0.2, 0.25) is 0 Å². The fourth-order valence-corrected chi connectivity index (χ4v) is 4.40. The van der Waals surface area contributed by atoms with Crippen molar-refractivity contribution in [1.29, 1.82) is 0 Å². The molecule has 0 saturated carbocycles. The highest BCUT2D eigenvalue weighted by atomic mass is 32.2. The van der Waals surface area contributed by atoms with E-state index in [2.05, 4.69) is 5.32 Å².